The zero-order chi connectivity index (χ0) is 13.7. The van der Waals surface area contributed by atoms with E-state index in [-0.39, 0.29) is 6.04 Å². The van der Waals surface area contributed by atoms with Gasteiger partial charge in [-0.2, -0.15) is 0 Å². The van der Waals surface area contributed by atoms with Gasteiger partial charge in [-0.15, -0.1) is 0 Å². The van der Waals surface area contributed by atoms with Crippen molar-refractivity contribution in [3.05, 3.63) is 29.8 Å². The van der Waals surface area contributed by atoms with Crippen LogP contribution in [-0.2, 0) is 0 Å². The van der Waals surface area contributed by atoms with E-state index in [0.29, 0.717) is 11.3 Å². The van der Waals surface area contributed by atoms with Crippen molar-refractivity contribution >= 4 is 11.7 Å². The van der Waals surface area contributed by atoms with E-state index in [0.717, 1.165) is 19.6 Å². The normalized spacial score (nSPS) is 17.9. The molecule has 1 aromatic carbocycles. The molecule has 1 fully saturated rings. The van der Waals surface area contributed by atoms with Crippen LogP contribution in [0.15, 0.2) is 24.3 Å². The summed E-state index contributed by atoms with van der Waals surface area (Å²) >= 11 is 0. The SMILES string of the molecule is CC(CN1CCCCC1)Nc1ccccc1C(=O)O. The average molecular weight is 262 g/mol. The summed E-state index contributed by atoms with van der Waals surface area (Å²) in [6.45, 7) is 5.39. The lowest BCUT2D eigenvalue weighted by atomic mass is 10.1. The van der Waals surface area contributed by atoms with Crippen LogP contribution in [0.1, 0.15) is 36.5 Å². The molecule has 0 bridgehead atoms. The molecule has 1 aliphatic heterocycles. The summed E-state index contributed by atoms with van der Waals surface area (Å²) in [5.74, 6) is -0.881. The number of piperidine rings is 1. The van der Waals surface area contributed by atoms with E-state index in [2.05, 4.69) is 17.1 Å². The first-order valence-corrected chi connectivity index (χ1v) is 6.98. The van der Waals surface area contributed by atoms with Gasteiger partial charge in [0.25, 0.3) is 0 Å². The predicted octanol–water partition coefficient (Wildman–Crippen LogP) is 2.67. The summed E-state index contributed by atoms with van der Waals surface area (Å²) in [5.41, 5.74) is 1.05. The molecule has 0 radical (unpaired) electrons. The molecule has 0 aliphatic carbocycles. The van der Waals surface area contributed by atoms with Gasteiger partial charge in [-0.1, -0.05) is 18.6 Å². The van der Waals surface area contributed by atoms with Gasteiger partial charge in [0.05, 0.1) is 5.56 Å². The van der Waals surface area contributed by atoms with E-state index >= 15 is 0 Å². The van der Waals surface area contributed by atoms with Gasteiger partial charge in [0.2, 0.25) is 0 Å². The van der Waals surface area contributed by atoms with Crippen LogP contribution in [0.3, 0.4) is 0 Å². The fourth-order valence-corrected chi connectivity index (χ4v) is 2.64. The number of aromatic carboxylic acids is 1. The quantitative estimate of drug-likeness (QED) is 0.856. The number of carbonyl (C=O) groups is 1. The first-order chi connectivity index (χ1) is 9.16. The van der Waals surface area contributed by atoms with Crippen LogP contribution in [-0.4, -0.2) is 41.7 Å². The molecule has 1 aliphatic rings. The third kappa shape index (κ3) is 3.96. The molecule has 1 saturated heterocycles. The Balaban J connectivity index is 1.94. The predicted molar refractivity (Wildman–Crippen MR) is 76.8 cm³/mol. The van der Waals surface area contributed by atoms with Crippen LogP contribution in [0.2, 0.25) is 0 Å². The number of hydrogen-bond donors (Lipinski definition) is 2. The van der Waals surface area contributed by atoms with Crippen LogP contribution in [0, 0.1) is 0 Å². The van der Waals surface area contributed by atoms with Crippen LogP contribution in [0.4, 0.5) is 5.69 Å². The zero-order valence-electron chi connectivity index (χ0n) is 11.4. The summed E-state index contributed by atoms with van der Waals surface area (Å²) in [7, 11) is 0. The van der Waals surface area contributed by atoms with Crippen LogP contribution < -0.4 is 5.32 Å². The number of rotatable bonds is 5. The molecule has 19 heavy (non-hydrogen) atoms. The molecular weight excluding hydrogens is 240 g/mol. The van der Waals surface area contributed by atoms with E-state index < -0.39 is 5.97 Å². The Hall–Kier alpha value is -1.55. The number of carboxylic acids is 1. The summed E-state index contributed by atoms with van der Waals surface area (Å²) in [5, 5.41) is 12.5. The maximum absolute atomic E-state index is 11.1. The van der Waals surface area contributed by atoms with Gasteiger partial charge in [0.15, 0.2) is 0 Å². The van der Waals surface area contributed by atoms with Crippen molar-refractivity contribution in [3.8, 4) is 0 Å². The number of para-hydroxylation sites is 1. The fraction of sp³-hybridized carbons (Fsp3) is 0.533. The van der Waals surface area contributed by atoms with Crippen molar-refractivity contribution in [2.45, 2.75) is 32.2 Å². The largest absolute Gasteiger partial charge is 0.478 e. The van der Waals surface area contributed by atoms with E-state index in [1.54, 1.807) is 12.1 Å². The molecule has 1 unspecified atom stereocenters. The monoisotopic (exact) mass is 262 g/mol. The molecule has 104 valence electrons. The summed E-state index contributed by atoms with van der Waals surface area (Å²) < 4.78 is 0. The van der Waals surface area contributed by atoms with E-state index in [4.69, 9.17) is 5.11 Å². The number of carboxylic acid groups (broad SMARTS) is 1. The Morgan fingerprint density at radius 2 is 2.00 bits per heavy atom. The van der Waals surface area contributed by atoms with Crippen LogP contribution >= 0.6 is 0 Å². The summed E-state index contributed by atoms with van der Waals surface area (Å²) in [6, 6.07) is 7.33. The highest BCUT2D eigenvalue weighted by Gasteiger charge is 2.15. The third-order valence-corrected chi connectivity index (χ3v) is 3.54. The minimum absolute atomic E-state index is 0.249. The Labute approximate surface area is 114 Å². The van der Waals surface area contributed by atoms with Crippen molar-refractivity contribution in [1.82, 2.24) is 4.90 Å². The second kappa shape index (κ2) is 6.57. The van der Waals surface area contributed by atoms with Gasteiger partial charge in [-0.25, -0.2) is 4.79 Å². The molecule has 4 nitrogen and oxygen atoms in total. The van der Waals surface area contributed by atoms with Gasteiger partial charge in [-0.05, 0) is 45.0 Å². The number of hydrogen-bond acceptors (Lipinski definition) is 3. The number of nitrogens with one attached hydrogen (secondary N) is 1. The Morgan fingerprint density at radius 3 is 2.68 bits per heavy atom. The Morgan fingerprint density at radius 1 is 1.32 bits per heavy atom. The highest BCUT2D eigenvalue weighted by Crippen LogP contribution is 2.17. The lowest BCUT2D eigenvalue weighted by Crippen LogP contribution is -2.38. The standard InChI is InChI=1S/C15H22N2O2/c1-12(11-17-9-5-2-6-10-17)16-14-8-4-3-7-13(14)15(18)19/h3-4,7-8,12,16H,2,5-6,9-11H2,1H3,(H,18,19). The maximum atomic E-state index is 11.1. The molecule has 4 heteroatoms. The lowest BCUT2D eigenvalue weighted by Gasteiger charge is -2.29. The van der Waals surface area contributed by atoms with E-state index in [9.17, 15) is 4.79 Å². The molecule has 1 aromatic rings. The second-order valence-corrected chi connectivity index (χ2v) is 5.26. The van der Waals surface area contributed by atoms with Crippen molar-refractivity contribution in [3.63, 3.8) is 0 Å². The number of nitrogens with zero attached hydrogens (tertiary/aromatic N) is 1. The number of anilines is 1. The maximum Gasteiger partial charge on any atom is 0.337 e. The van der Waals surface area contributed by atoms with Crippen molar-refractivity contribution in [1.29, 1.82) is 0 Å². The van der Waals surface area contributed by atoms with Crippen molar-refractivity contribution in [2.24, 2.45) is 0 Å². The van der Waals surface area contributed by atoms with Gasteiger partial charge in [-0.3, -0.25) is 0 Å². The minimum Gasteiger partial charge on any atom is -0.478 e. The zero-order valence-corrected chi connectivity index (χ0v) is 11.4. The third-order valence-electron chi connectivity index (χ3n) is 3.54. The highest BCUT2D eigenvalue weighted by molar-refractivity contribution is 5.94. The van der Waals surface area contributed by atoms with Crippen molar-refractivity contribution in [2.75, 3.05) is 25.0 Å². The van der Waals surface area contributed by atoms with Gasteiger partial charge in [0, 0.05) is 18.3 Å². The molecule has 0 amide bonds. The average Bonchev–Trinajstić information content (AvgIpc) is 2.40. The first kappa shape index (κ1) is 13.9. The lowest BCUT2D eigenvalue weighted by molar-refractivity contribution is 0.0698. The number of likely N-dealkylation sites (tertiary alicyclic amines) is 1. The Bertz CT molecular complexity index is 428. The van der Waals surface area contributed by atoms with Crippen LogP contribution in [0.25, 0.3) is 0 Å². The van der Waals surface area contributed by atoms with Crippen LogP contribution in [0.5, 0.6) is 0 Å². The molecule has 2 N–H and O–H groups in total. The molecule has 1 heterocycles. The summed E-state index contributed by atoms with van der Waals surface area (Å²) in [6.07, 6.45) is 3.89. The highest BCUT2D eigenvalue weighted by atomic mass is 16.4. The minimum atomic E-state index is -0.881. The number of benzene rings is 1. The molecule has 1 atom stereocenters. The molecule has 0 aromatic heterocycles. The first-order valence-electron chi connectivity index (χ1n) is 6.98. The topological polar surface area (TPSA) is 52.6 Å². The second-order valence-electron chi connectivity index (χ2n) is 5.26. The smallest absolute Gasteiger partial charge is 0.337 e. The molecular formula is C15H22N2O2. The van der Waals surface area contributed by atoms with Crippen molar-refractivity contribution < 1.29 is 9.90 Å². The summed E-state index contributed by atoms with van der Waals surface area (Å²) in [4.78, 5) is 13.6. The molecule has 0 spiro atoms. The van der Waals surface area contributed by atoms with E-state index in [1.165, 1.54) is 19.3 Å². The van der Waals surface area contributed by atoms with Gasteiger partial charge < -0.3 is 15.3 Å². The Kier molecular flexibility index (Phi) is 4.80. The van der Waals surface area contributed by atoms with Gasteiger partial charge in [0.1, 0.15) is 0 Å². The van der Waals surface area contributed by atoms with E-state index in [1.807, 2.05) is 12.1 Å². The van der Waals surface area contributed by atoms with Gasteiger partial charge >= 0.3 is 5.97 Å². The molecule has 0 saturated carbocycles. The molecule has 2 rings (SSSR count). The fourth-order valence-electron chi connectivity index (χ4n) is 2.64.